The summed E-state index contributed by atoms with van der Waals surface area (Å²) in [4.78, 5) is 0. The average Bonchev–Trinajstić information content (AvgIpc) is 2.32. The van der Waals surface area contributed by atoms with Crippen molar-refractivity contribution < 1.29 is 13.9 Å². The van der Waals surface area contributed by atoms with Gasteiger partial charge in [-0.25, -0.2) is 4.39 Å². The Kier molecular flexibility index (Phi) is 3.21. The van der Waals surface area contributed by atoms with Crippen LogP contribution in [0.25, 0.3) is 0 Å². The lowest BCUT2D eigenvalue weighted by atomic mass is 9.60. The fourth-order valence-electron chi connectivity index (χ4n) is 2.69. The molecular formula is C13H18FNO2. The van der Waals surface area contributed by atoms with Gasteiger partial charge in [0.05, 0.1) is 0 Å². The topological polar surface area (TPSA) is 44.5 Å². The molecule has 0 amide bonds. The summed E-state index contributed by atoms with van der Waals surface area (Å²) < 4.78 is 24.5. The SMILES string of the molecule is COC1(OC)CC(CN)(c2ccccc2F)C1. The highest BCUT2D eigenvalue weighted by Crippen LogP contribution is 2.52. The average molecular weight is 239 g/mol. The van der Waals surface area contributed by atoms with Crippen LogP contribution in [0.15, 0.2) is 24.3 Å². The number of benzene rings is 1. The Bertz CT molecular complexity index is 396. The van der Waals surface area contributed by atoms with E-state index in [9.17, 15) is 4.39 Å². The van der Waals surface area contributed by atoms with E-state index in [1.807, 2.05) is 6.07 Å². The molecule has 0 bridgehead atoms. The second-order valence-corrected chi connectivity index (χ2v) is 4.64. The summed E-state index contributed by atoms with van der Waals surface area (Å²) >= 11 is 0. The van der Waals surface area contributed by atoms with Gasteiger partial charge in [-0.3, -0.25) is 0 Å². The van der Waals surface area contributed by atoms with Crippen LogP contribution in [0.3, 0.4) is 0 Å². The lowest BCUT2D eigenvalue weighted by Gasteiger charge is -2.54. The van der Waals surface area contributed by atoms with Crippen molar-refractivity contribution in [3.8, 4) is 0 Å². The molecule has 0 spiro atoms. The largest absolute Gasteiger partial charge is 0.353 e. The third kappa shape index (κ3) is 1.86. The van der Waals surface area contributed by atoms with Gasteiger partial charge in [0, 0.05) is 39.0 Å². The summed E-state index contributed by atoms with van der Waals surface area (Å²) in [5.41, 5.74) is 6.12. The molecule has 0 unspecified atom stereocenters. The zero-order valence-electron chi connectivity index (χ0n) is 10.2. The van der Waals surface area contributed by atoms with Crippen molar-refractivity contribution in [2.45, 2.75) is 24.0 Å². The summed E-state index contributed by atoms with van der Waals surface area (Å²) in [5, 5.41) is 0. The Balaban J connectivity index is 2.28. The predicted molar refractivity (Wildman–Crippen MR) is 63.1 cm³/mol. The second-order valence-electron chi connectivity index (χ2n) is 4.64. The zero-order valence-corrected chi connectivity index (χ0v) is 10.2. The monoisotopic (exact) mass is 239 g/mol. The highest BCUT2D eigenvalue weighted by atomic mass is 19.1. The molecule has 2 N–H and O–H groups in total. The van der Waals surface area contributed by atoms with Gasteiger partial charge in [-0.15, -0.1) is 0 Å². The van der Waals surface area contributed by atoms with Crippen molar-refractivity contribution >= 4 is 0 Å². The number of halogens is 1. The predicted octanol–water partition coefficient (Wildman–Crippen LogP) is 1.81. The summed E-state index contributed by atoms with van der Waals surface area (Å²) in [6, 6.07) is 6.76. The maximum absolute atomic E-state index is 13.8. The van der Waals surface area contributed by atoms with Crippen molar-refractivity contribution in [3.05, 3.63) is 35.6 Å². The van der Waals surface area contributed by atoms with Crippen molar-refractivity contribution in [1.29, 1.82) is 0 Å². The summed E-state index contributed by atoms with van der Waals surface area (Å²) in [5.74, 6) is -0.819. The fourth-order valence-corrected chi connectivity index (χ4v) is 2.69. The van der Waals surface area contributed by atoms with Crippen LogP contribution in [0.2, 0.25) is 0 Å². The van der Waals surface area contributed by atoms with Crippen LogP contribution >= 0.6 is 0 Å². The zero-order chi connectivity index (χ0) is 12.5. The van der Waals surface area contributed by atoms with Gasteiger partial charge in [0.2, 0.25) is 0 Å². The van der Waals surface area contributed by atoms with Crippen LogP contribution in [0.1, 0.15) is 18.4 Å². The molecule has 0 atom stereocenters. The Labute approximate surface area is 101 Å². The molecule has 2 rings (SSSR count). The first-order chi connectivity index (χ1) is 8.11. The first kappa shape index (κ1) is 12.5. The van der Waals surface area contributed by atoms with Gasteiger partial charge >= 0.3 is 0 Å². The molecule has 94 valence electrons. The number of methoxy groups -OCH3 is 2. The van der Waals surface area contributed by atoms with E-state index in [0.29, 0.717) is 24.9 Å². The van der Waals surface area contributed by atoms with E-state index >= 15 is 0 Å². The third-order valence-electron chi connectivity index (χ3n) is 3.80. The van der Waals surface area contributed by atoms with Crippen LogP contribution in [-0.2, 0) is 14.9 Å². The van der Waals surface area contributed by atoms with Gasteiger partial charge in [-0.1, -0.05) is 18.2 Å². The minimum Gasteiger partial charge on any atom is -0.353 e. The van der Waals surface area contributed by atoms with E-state index < -0.39 is 5.79 Å². The maximum Gasteiger partial charge on any atom is 0.169 e. The van der Waals surface area contributed by atoms with Gasteiger partial charge in [0.25, 0.3) is 0 Å². The normalized spacial score (nSPS) is 20.9. The number of rotatable bonds is 4. The lowest BCUT2D eigenvalue weighted by Crippen LogP contribution is -2.60. The quantitative estimate of drug-likeness (QED) is 0.815. The summed E-state index contributed by atoms with van der Waals surface area (Å²) in [6.45, 7) is 0.391. The molecule has 1 aliphatic carbocycles. The summed E-state index contributed by atoms with van der Waals surface area (Å²) in [7, 11) is 3.20. The fraction of sp³-hybridized carbons (Fsp3) is 0.538. The van der Waals surface area contributed by atoms with Crippen molar-refractivity contribution in [2.24, 2.45) is 5.73 Å². The molecule has 0 saturated heterocycles. The molecule has 0 radical (unpaired) electrons. The molecule has 4 heteroatoms. The molecule has 0 heterocycles. The number of hydrogen-bond acceptors (Lipinski definition) is 3. The molecule has 1 aromatic carbocycles. The molecule has 1 aromatic rings. The van der Waals surface area contributed by atoms with E-state index in [-0.39, 0.29) is 11.2 Å². The highest BCUT2D eigenvalue weighted by molar-refractivity contribution is 5.32. The summed E-state index contributed by atoms with van der Waals surface area (Å²) in [6.07, 6.45) is 1.18. The maximum atomic E-state index is 13.8. The van der Waals surface area contributed by atoms with Gasteiger partial charge in [-0.2, -0.15) is 0 Å². The van der Waals surface area contributed by atoms with Crippen LogP contribution in [0, 0.1) is 5.82 Å². The number of nitrogens with two attached hydrogens (primary N) is 1. The van der Waals surface area contributed by atoms with E-state index in [1.54, 1.807) is 26.4 Å². The Morgan fingerprint density at radius 1 is 1.24 bits per heavy atom. The van der Waals surface area contributed by atoms with Crippen molar-refractivity contribution in [3.63, 3.8) is 0 Å². The van der Waals surface area contributed by atoms with E-state index in [1.165, 1.54) is 6.07 Å². The van der Waals surface area contributed by atoms with Crippen LogP contribution in [0.4, 0.5) is 4.39 Å². The first-order valence-corrected chi connectivity index (χ1v) is 5.67. The van der Waals surface area contributed by atoms with Crippen LogP contribution in [0.5, 0.6) is 0 Å². The Morgan fingerprint density at radius 2 is 1.82 bits per heavy atom. The molecule has 0 aliphatic heterocycles. The molecular weight excluding hydrogens is 221 g/mol. The molecule has 1 saturated carbocycles. The standard InChI is InChI=1S/C13H18FNO2/c1-16-13(17-2)7-12(8-13,9-15)10-5-3-4-6-11(10)14/h3-6H,7-9,15H2,1-2H3. The molecule has 3 nitrogen and oxygen atoms in total. The molecule has 0 aromatic heterocycles. The molecule has 1 fully saturated rings. The highest BCUT2D eigenvalue weighted by Gasteiger charge is 2.56. The van der Waals surface area contributed by atoms with Crippen LogP contribution in [-0.4, -0.2) is 26.6 Å². The lowest BCUT2D eigenvalue weighted by molar-refractivity contribution is -0.277. The van der Waals surface area contributed by atoms with Gasteiger partial charge in [-0.05, 0) is 11.6 Å². The van der Waals surface area contributed by atoms with Gasteiger partial charge < -0.3 is 15.2 Å². The van der Waals surface area contributed by atoms with E-state index in [0.717, 1.165) is 0 Å². The molecule has 1 aliphatic rings. The Hall–Kier alpha value is -0.970. The minimum atomic E-state index is -0.609. The third-order valence-corrected chi connectivity index (χ3v) is 3.80. The molecule has 17 heavy (non-hydrogen) atoms. The number of ether oxygens (including phenoxy) is 2. The van der Waals surface area contributed by atoms with Crippen LogP contribution < -0.4 is 5.73 Å². The van der Waals surface area contributed by atoms with Crippen molar-refractivity contribution in [1.82, 2.24) is 0 Å². The van der Waals surface area contributed by atoms with Gasteiger partial charge in [0.15, 0.2) is 5.79 Å². The van der Waals surface area contributed by atoms with Gasteiger partial charge in [0.1, 0.15) is 5.82 Å². The number of hydrogen-bond donors (Lipinski definition) is 1. The van der Waals surface area contributed by atoms with E-state index in [2.05, 4.69) is 0 Å². The van der Waals surface area contributed by atoms with Crippen molar-refractivity contribution in [2.75, 3.05) is 20.8 Å². The van der Waals surface area contributed by atoms with E-state index in [4.69, 9.17) is 15.2 Å². The minimum absolute atomic E-state index is 0.209. The smallest absolute Gasteiger partial charge is 0.169 e. The Morgan fingerprint density at radius 3 is 2.29 bits per heavy atom. The first-order valence-electron chi connectivity index (χ1n) is 5.67. The second kappa shape index (κ2) is 4.37.